The molecule has 0 heterocycles. The summed E-state index contributed by atoms with van der Waals surface area (Å²) >= 11 is 0. The van der Waals surface area contributed by atoms with Crippen molar-refractivity contribution in [3.63, 3.8) is 0 Å². The summed E-state index contributed by atoms with van der Waals surface area (Å²) in [6, 6.07) is 7.76. The maximum Gasteiger partial charge on any atom is 0.118 e. The number of hydrogen-bond acceptors (Lipinski definition) is 2. The van der Waals surface area contributed by atoms with Gasteiger partial charge < -0.3 is 4.74 Å². The highest BCUT2D eigenvalue weighted by Crippen LogP contribution is 2.09. The molecule has 1 rings (SSSR count). The van der Waals surface area contributed by atoms with Crippen molar-refractivity contribution < 1.29 is 4.74 Å². The van der Waals surface area contributed by atoms with Crippen molar-refractivity contribution in [3.05, 3.63) is 42.1 Å². The number of hydrogen-bond donors (Lipinski definition) is 0. The lowest BCUT2D eigenvalue weighted by molar-refractivity contribution is 0.415. The van der Waals surface area contributed by atoms with E-state index in [0.717, 1.165) is 11.3 Å². The van der Waals surface area contributed by atoms with Crippen LogP contribution in [0.1, 0.15) is 12.5 Å². The molecular formula is C11H13NO. The van der Waals surface area contributed by atoms with Crippen LogP contribution < -0.4 is 4.74 Å². The summed E-state index contributed by atoms with van der Waals surface area (Å²) in [5.41, 5.74) is 1.07. The lowest BCUT2D eigenvalue weighted by atomic mass is 10.2. The van der Waals surface area contributed by atoms with E-state index in [1.54, 1.807) is 19.5 Å². The molecule has 0 fully saturated rings. The molecule has 0 amide bonds. The second kappa shape index (κ2) is 5.14. The number of rotatable bonds is 3. The predicted molar refractivity (Wildman–Crippen MR) is 55.4 cm³/mol. The third-order valence-corrected chi connectivity index (χ3v) is 1.57. The molecule has 0 unspecified atom stereocenters. The van der Waals surface area contributed by atoms with Crippen LogP contribution in [0.2, 0.25) is 0 Å². The Bertz CT molecular complexity index is 298. The van der Waals surface area contributed by atoms with Crippen molar-refractivity contribution in [2.24, 2.45) is 4.99 Å². The van der Waals surface area contributed by atoms with E-state index in [2.05, 4.69) is 4.99 Å². The van der Waals surface area contributed by atoms with Crippen molar-refractivity contribution in [2.45, 2.75) is 6.92 Å². The van der Waals surface area contributed by atoms with Gasteiger partial charge in [-0.2, -0.15) is 0 Å². The normalized spacial score (nSPS) is 11.2. The Hall–Kier alpha value is -1.57. The van der Waals surface area contributed by atoms with Crippen molar-refractivity contribution in [1.82, 2.24) is 0 Å². The SMILES string of the molecule is C/C=C/N=Cc1ccc(OC)cc1. The van der Waals surface area contributed by atoms with Gasteiger partial charge >= 0.3 is 0 Å². The van der Waals surface area contributed by atoms with Crippen molar-refractivity contribution in [1.29, 1.82) is 0 Å². The van der Waals surface area contributed by atoms with Crippen LogP contribution >= 0.6 is 0 Å². The minimum Gasteiger partial charge on any atom is -0.497 e. The Morgan fingerprint density at radius 1 is 1.23 bits per heavy atom. The van der Waals surface area contributed by atoms with Gasteiger partial charge in [0.1, 0.15) is 5.75 Å². The average molecular weight is 175 g/mol. The third kappa shape index (κ3) is 3.11. The summed E-state index contributed by atoms with van der Waals surface area (Å²) in [5, 5.41) is 0. The van der Waals surface area contributed by atoms with E-state index in [1.165, 1.54) is 0 Å². The van der Waals surface area contributed by atoms with E-state index in [1.807, 2.05) is 37.3 Å². The maximum atomic E-state index is 5.04. The van der Waals surface area contributed by atoms with Crippen molar-refractivity contribution in [2.75, 3.05) is 7.11 Å². The molecule has 1 aromatic carbocycles. The molecule has 2 nitrogen and oxygen atoms in total. The highest BCUT2D eigenvalue weighted by atomic mass is 16.5. The first-order valence-corrected chi connectivity index (χ1v) is 4.15. The van der Waals surface area contributed by atoms with E-state index >= 15 is 0 Å². The first kappa shape index (κ1) is 9.52. The molecule has 0 aliphatic heterocycles. The molecular weight excluding hydrogens is 162 g/mol. The maximum absolute atomic E-state index is 5.04. The lowest BCUT2D eigenvalue weighted by Crippen LogP contribution is -1.83. The molecule has 2 heteroatoms. The molecule has 68 valence electrons. The van der Waals surface area contributed by atoms with Crippen LogP contribution in [-0.4, -0.2) is 13.3 Å². The third-order valence-electron chi connectivity index (χ3n) is 1.57. The Kier molecular flexibility index (Phi) is 3.76. The van der Waals surface area contributed by atoms with Crippen molar-refractivity contribution in [3.8, 4) is 5.75 Å². The van der Waals surface area contributed by atoms with Crippen molar-refractivity contribution >= 4 is 6.21 Å². The van der Waals surface area contributed by atoms with E-state index in [0.29, 0.717) is 0 Å². The molecule has 0 spiro atoms. The predicted octanol–water partition coefficient (Wildman–Crippen LogP) is 2.65. The lowest BCUT2D eigenvalue weighted by Gasteiger charge is -1.97. The molecule has 0 saturated carbocycles. The number of nitrogens with zero attached hydrogens (tertiary/aromatic N) is 1. The molecule has 0 aliphatic carbocycles. The molecule has 0 N–H and O–H groups in total. The first-order valence-electron chi connectivity index (χ1n) is 4.15. The molecule has 0 atom stereocenters. The quantitative estimate of drug-likeness (QED) is 0.647. The van der Waals surface area contributed by atoms with Crippen LogP contribution in [0.4, 0.5) is 0 Å². The van der Waals surface area contributed by atoms with Crippen LogP contribution in [-0.2, 0) is 0 Å². The number of methoxy groups -OCH3 is 1. The van der Waals surface area contributed by atoms with Gasteiger partial charge in [-0.25, -0.2) is 0 Å². The van der Waals surface area contributed by atoms with Crippen LogP contribution in [0, 0.1) is 0 Å². The molecule has 0 saturated heterocycles. The molecule has 0 aliphatic rings. The van der Waals surface area contributed by atoms with Crippen LogP contribution in [0.3, 0.4) is 0 Å². The van der Waals surface area contributed by atoms with Gasteiger partial charge in [0.2, 0.25) is 0 Å². The Balaban J connectivity index is 2.69. The van der Waals surface area contributed by atoms with Gasteiger partial charge in [0, 0.05) is 12.4 Å². The smallest absolute Gasteiger partial charge is 0.118 e. The summed E-state index contributed by atoms with van der Waals surface area (Å²) in [5.74, 6) is 0.864. The number of benzene rings is 1. The van der Waals surface area contributed by atoms with Gasteiger partial charge in [0.25, 0.3) is 0 Å². The zero-order chi connectivity index (χ0) is 9.52. The Labute approximate surface area is 78.6 Å². The summed E-state index contributed by atoms with van der Waals surface area (Å²) < 4.78 is 5.04. The number of ether oxygens (including phenoxy) is 1. The monoisotopic (exact) mass is 175 g/mol. The van der Waals surface area contributed by atoms with E-state index in [-0.39, 0.29) is 0 Å². The summed E-state index contributed by atoms with van der Waals surface area (Å²) in [6.45, 7) is 1.94. The summed E-state index contributed by atoms with van der Waals surface area (Å²) in [6.07, 6.45) is 5.45. The number of allylic oxidation sites excluding steroid dienone is 1. The largest absolute Gasteiger partial charge is 0.497 e. The molecule has 0 radical (unpaired) electrons. The zero-order valence-corrected chi connectivity index (χ0v) is 7.90. The van der Waals surface area contributed by atoms with E-state index < -0.39 is 0 Å². The zero-order valence-electron chi connectivity index (χ0n) is 7.90. The molecule has 0 bridgehead atoms. The minimum absolute atomic E-state index is 0.864. The second-order valence-corrected chi connectivity index (χ2v) is 2.53. The fourth-order valence-electron chi connectivity index (χ4n) is 0.905. The summed E-state index contributed by atoms with van der Waals surface area (Å²) in [4.78, 5) is 4.07. The fraction of sp³-hybridized carbons (Fsp3) is 0.182. The van der Waals surface area contributed by atoms with Gasteiger partial charge in [-0.3, -0.25) is 4.99 Å². The molecule has 1 aromatic rings. The Morgan fingerprint density at radius 2 is 1.92 bits per heavy atom. The highest BCUT2D eigenvalue weighted by Gasteiger charge is 1.89. The van der Waals surface area contributed by atoms with Crippen LogP contribution in [0.15, 0.2) is 41.5 Å². The van der Waals surface area contributed by atoms with E-state index in [9.17, 15) is 0 Å². The van der Waals surface area contributed by atoms with Gasteiger partial charge in [0.15, 0.2) is 0 Å². The minimum atomic E-state index is 0.864. The van der Waals surface area contributed by atoms with Gasteiger partial charge in [-0.15, -0.1) is 0 Å². The fourth-order valence-corrected chi connectivity index (χ4v) is 0.905. The second-order valence-electron chi connectivity index (χ2n) is 2.53. The standard InChI is InChI=1S/C11H13NO/c1-3-8-12-9-10-4-6-11(13-2)7-5-10/h3-9H,1-2H3/b8-3+,12-9?. The number of aliphatic imine (C=N–C) groups is 1. The average Bonchev–Trinajstić information content (AvgIpc) is 2.19. The molecule has 13 heavy (non-hydrogen) atoms. The molecule has 0 aromatic heterocycles. The van der Waals surface area contributed by atoms with Gasteiger partial charge in [-0.1, -0.05) is 6.08 Å². The van der Waals surface area contributed by atoms with Crippen LogP contribution in [0.5, 0.6) is 5.75 Å². The topological polar surface area (TPSA) is 21.6 Å². The van der Waals surface area contributed by atoms with Crippen LogP contribution in [0.25, 0.3) is 0 Å². The first-order chi connectivity index (χ1) is 6.36. The summed E-state index contributed by atoms with van der Waals surface area (Å²) in [7, 11) is 1.66. The van der Waals surface area contributed by atoms with Gasteiger partial charge in [-0.05, 0) is 36.8 Å². The van der Waals surface area contributed by atoms with Gasteiger partial charge in [0.05, 0.1) is 7.11 Å². The van der Waals surface area contributed by atoms with E-state index in [4.69, 9.17) is 4.74 Å². The Morgan fingerprint density at radius 3 is 2.46 bits per heavy atom. The highest BCUT2D eigenvalue weighted by molar-refractivity contribution is 5.80.